The van der Waals surface area contributed by atoms with Crippen molar-refractivity contribution in [2.45, 2.75) is 37.8 Å². The molecule has 0 bridgehead atoms. The third-order valence-corrected chi connectivity index (χ3v) is 6.69. The quantitative estimate of drug-likeness (QED) is 0.0886. The van der Waals surface area contributed by atoms with Crippen LogP contribution in [0.5, 0.6) is 11.5 Å². The van der Waals surface area contributed by atoms with Crippen molar-refractivity contribution in [2.75, 3.05) is 11.9 Å². The predicted molar refractivity (Wildman–Crippen MR) is 149 cm³/mol. The Balaban J connectivity index is 1.95. The highest BCUT2D eigenvalue weighted by Gasteiger charge is 2.28. The second-order valence-electron chi connectivity index (χ2n) is 8.69. The van der Waals surface area contributed by atoms with Gasteiger partial charge in [-0.2, -0.15) is 0 Å². The van der Waals surface area contributed by atoms with Gasteiger partial charge in [-0.3, -0.25) is 25.7 Å². The molecule has 3 aromatic rings. The monoisotopic (exact) mass is 570 g/mol. The van der Waals surface area contributed by atoms with Gasteiger partial charge in [0.25, 0.3) is 21.6 Å². The molecule has 3 rings (SSSR count). The van der Waals surface area contributed by atoms with Crippen LogP contribution in [0, 0.1) is 15.5 Å². The first-order valence-electron chi connectivity index (χ1n) is 12.1. The largest absolute Gasteiger partial charge is 0.490 e. The Labute approximate surface area is 231 Å². The first-order valence-corrected chi connectivity index (χ1v) is 13.6. The number of hydrazine groups is 1. The van der Waals surface area contributed by atoms with Gasteiger partial charge >= 0.3 is 0 Å². The van der Waals surface area contributed by atoms with Crippen LogP contribution < -0.4 is 30.8 Å². The molecular weight excluding hydrogens is 540 g/mol. The minimum Gasteiger partial charge on any atom is -0.490 e. The van der Waals surface area contributed by atoms with E-state index in [4.69, 9.17) is 20.6 Å². The molecule has 0 spiro atoms. The summed E-state index contributed by atoms with van der Waals surface area (Å²) in [5.74, 6) is -0.117. The van der Waals surface area contributed by atoms with Crippen LogP contribution >= 0.6 is 0 Å². The highest BCUT2D eigenvalue weighted by molar-refractivity contribution is 7.89. The van der Waals surface area contributed by atoms with E-state index in [0.717, 1.165) is 12.1 Å². The zero-order valence-corrected chi connectivity index (χ0v) is 22.8. The Hall–Kier alpha value is -4.69. The molecule has 0 saturated carbocycles. The summed E-state index contributed by atoms with van der Waals surface area (Å²) in [6.45, 7) is 5.83. The summed E-state index contributed by atoms with van der Waals surface area (Å²) in [5.41, 5.74) is 8.36. The fourth-order valence-corrected chi connectivity index (χ4v) is 4.64. The number of para-hydroxylation sites is 1. The maximum Gasteiger partial charge on any atom is 0.289 e. The lowest BCUT2D eigenvalue weighted by Crippen LogP contribution is -2.45. The average molecular weight is 571 g/mol. The first kappa shape index (κ1) is 29.9. The minimum absolute atomic E-state index is 0.132. The molecule has 40 heavy (non-hydrogen) atoms. The molecule has 0 aliphatic rings. The van der Waals surface area contributed by atoms with Gasteiger partial charge in [0.2, 0.25) is 0 Å². The molecule has 6 N–H and O–H groups in total. The van der Waals surface area contributed by atoms with Gasteiger partial charge < -0.3 is 20.5 Å². The molecule has 0 saturated heterocycles. The zero-order chi connectivity index (χ0) is 29.4. The maximum absolute atomic E-state index is 13.4. The summed E-state index contributed by atoms with van der Waals surface area (Å²) in [6.07, 6.45) is -0.140. The summed E-state index contributed by atoms with van der Waals surface area (Å²) >= 11 is 0. The van der Waals surface area contributed by atoms with Crippen LogP contribution in [0.25, 0.3) is 0 Å². The second-order valence-corrected chi connectivity index (χ2v) is 10.3. The van der Waals surface area contributed by atoms with E-state index in [-0.39, 0.29) is 11.9 Å². The van der Waals surface area contributed by atoms with Gasteiger partial charge in [0.1, 0.15) is 11.9 Å². The number of amidine groups is 1. The van der Waals surface area contributed by atoms with E-state index in [1.54, 1.807) is 49.4 Å². The number of nitro benzene ring substituents is 1. The lowest BCUT2D eigenvalue weighted by molar-refractivity contribution is -0.387. The molecule has 1 atom stereocenters. The van der Waals surface area contributed by atoms with Crippen molar-refractivity contribution in [3.05, 3.63) is 88.0 Å². The predicted octanol–water partition coefficient (Wildman–Crippen LogP) is 3.23. The SMILES string of the molecule is CCOc1cc(C(Nc2ccc(C(=N)N)cc2)C(=O)NNS(=O)(=O)c2ccccc2[N+](=O)[O-])ccc1OC(C)C. The van der Waals surface area contributed by atoms with Crippen LogP contribution in [-0.2, 0) is 14.8 Å². The number of carbonyl (C=O) groups is 1. The van der Waals surface area contributed by atoms with Crippen molar-refractivity contribution in [3.8, 4) is 11.5 Å². The number of nitrogens with zero attached hydrogens (tertiary/aromatic N) is 1. The molecule has 212 valence electrons. The van der Waals surface area contributed by atoms with Gasteiger partial charge in [-0.15, -0.1) is 4.83 Å². The van der Waals surface area contributed by atoms with Crippen LogP contribution in [0.15, 0.2) is 71.6 Å². The Kier molecular flexibility index (Phi) is 9.63. The molecule has 1 amide bonds. The number of benzene rings is 3. The van der Waals surface area contributed by atoms with Crippen molar-refractivity contribution < 1.29 is 27.6 Å². The molecule has 14 heteroatoms. The summed E-state index contributed by atoms with van der Waals surface area (Å²) in [7, 11) is -4.51. The number of amides is 1. The highest BCUT2D eigenvalue weighted by atomic mass is 32.2. The smallest absolute Gasteiger partial charge is 0.289 e. The standard InChI is InChI=1S/C26H30N6O7S/c1-4-38-22-15-18(11-14-21(22)39-16(2)3)24(29-19-12-9-17(10-13-19)25(27)28)26(33)30-31-40(36,37)23-8-6-5-7-20(23)32(34)35/h5-16,24,29,31H,4H2,1-3H3,(H3,27,28)(H,30,33). The minimum atomic E-state index is -4.51. The van der Waals surface area contributed by atoms with Crippen molar-refractivity contribution in [3.63, 3.8) is 0 Å². The fourth-order valence-electron chi connectivity index (χ4n) is 3.62. The Bertz CT molecular complexity index is 1490. The summed E-state index contributed by atoms with van der Waals surface area (Å²) in [5, 5.41) is 21.9. The lowest BCUT2D eigenvalue weighted by atomic mass is 10.0. The first-order chi connectivity index (χ1) is 18.9. The molecule has 0 radical (unpaired) electrons. The van der Waals surface area contributed by atoms with Crippen LogP contribution in [0.4, 0.5) is 11.4 Å². The molecule has 0 aliphatic heterocycles. The van der Waals surface area contributed by atoms with Crippen LogP contribution in [-0.4, -0.2) is 37.8 Å². The molecule has 0 heterocycles. The maximum atomic E-state index is 13.4. The topological polar surface area (TPSA) is 199 Å². The number of hydrogen-bond donors (Lipinski definition) is 5. The molecule has 1 unspecified atom stereocenters. The number of nitrogens with one attached hydrogen (secondary N) is 4. The average Bonchev–Trinajstić information content (AvgIpc) is 2.91. The molecule has 3 aromatic carbocycles. The van der Waals surface area contributed by atoms with Crippen molar-refractivity contribution in [1.29, 1.82) is 5.41 Å². The van der Waals surface area contributed by atoms with Gasteiger partial charge in [0.05, 0.1) is 17.6 Å². The van der Waals surface area contributed by atoms with Crippen LogP contribution in [0.3, 0.4) is 0 Å². The number of nitro groups is 1. The number of nitrogens with two attached hydrogens (primary N) is 1. The Morgan fingerprint density at radius 3 is 2.35 bits per heavy atom. The van der Waals surface area contributed by atoms with E-state index in [1.807, 2.05) is 18.7 Å². The third-order valence-electron chi connectivity index (χ3n) is 5.39. The van der Waals surface area contributed by atoms with Crippen LogP contribution in [0.1, 0.15) is 37.9 Å². The van der Waals surface area contributed by atoms with E-state index in [2.05, 4.69) is 10.7 Å². The van der Waals surface area contributed by atoms with E-state index < -0.39 is 37.5 Å². The third kappa shape index (κ3) is 7.45. The molecule has 13 nitrogen and oxygen atoms in total. The van der Waals surface area contributed by atoms with E-state index >= 15 is 0 Å². The Morgan fingerprint density at radius 1 is 1.07 bits per heavy atom. The normalized spacial score (nSPS) is 11.9. The van der Waals surface area contributed by atoms with Crippen molar-refractivity contribution in [2.24, 2.45) is 5.73 Å². The number of rotatable bonds is 13. The number of nitrogen functional groups attached to an aromatic ring is 1. The summed E-state index contributed by atoms with van der Waals surface area (Å²) in [4.78, 5) is 25.2. The molecule has 0 aliphatic carbocycles. The second kappa shape index (κ2) is 12.9. The number of hydrogen-bond acceptors (Lipinski definition) is 9. The van der Waals surface area contributed by atoms with Gasteiger partial charge in [-0.25, -0.2) is 8.42 Å². The number of anilines is 1. The van der Waals surface area contributed by atoms with Crippen molar-refractivity contribution in [1.82, 2.24) is 10.3 Å². The molecule has 0 aromatic heterocycles. The van der Waals surface area contributed by atoms with Crippen molar-refractivity contribution >= 4 is 33.1 Å². The molecular formula is C26H30N6O7S. The van der Waals surface area contributed by atoms with Crippen LogP contribution in [0.2, 0.25) is 0 Å². The molecule has 0 fully saturated rings. The Morgan fingerprint density at radius 2 is 1.75 bits per heavy atom. The number of ether oxygens (including phenoxy) is 2. The lowest BCUT2D eigenvalue weighted by Gasteiger charge is -2.22. The van der Waals surface area contributed by atoms with Gasteiger partial charge in [0, 0.05) is 17.3 Å². The fraction of sp³-hybridized carbons (Fsp3) is 0.231. The van der Waals surface area contributed by atoms with Gasteiger partial charge in [0.15, 0.2) is 16.4 Å². The number of carbonyl (C=O) groups excluding carboxylic acids is 1. The van der Waals surface area contributed by atoms with E-state index in [0.29, 0.717) is 34.9 Å². The number of sulfonamides is 1. The van der Waals surface area contributed by atoms with E-state index in [1.165, 1.54) is 12.1 Å². The summed E-state index contributed by atoms with van der Waals surface area (Å²) < 4.78 is 37.2. The van der Waals surface area contributed by atoms with Gasteiger partial charge in [-0.05, 0) is 68.8 Å². The van der Waals surface area contributed by atoms with Gasteiger partial charge in [-0.1, -0.05) is 18.2 Å². The zero-order valence-electron chi connectivity index (χ0n) is 22.0. The van der Waals surface area contributed by atoms with E-state index in [9.17, 15) is 23.3 Å². The highest BCUT2D eigenvalue weighted by Crippen LogP contribution is 2.33. The summed E-state index contributed by atoms with van der Waals surface area (Å²) in [6, 6.07) is 14.8.